The molecule has 9 heteroatoms. The lowest BCUT2D eigenvalue weighted by Gasteiger charge is -2.16. The zero-order valence-electron chi connectivity index (χ0n) is 17.6. The minimum Gasteiger partial charge on any atom is -0.481 e. The summed E-state index contributed by atoms with van der Waals surface area (Å²) in [6.07, 6.45) is -0.778. The number of amides is 1. The maximum absolute atomic E-state index is 12.6. The summed E-state index contributed by atoms with van der Waals surface area (Å²) < 4.78 is 33.4. The Hall–Kier alpha value is -2.74. The lowest BCUT2D eigenvalue weighted by Crippen LogP contribution is -2.30. The molecule has 0 aromatic heterocycles. The summed E-state index contributed by atoms with van der Waals surface area (Å²) in [5.74, 6) is 0.166. The van der Waals surface area contributed by atoms with E-state index in [1.807, 2.05) is 13.8 Å². The molecule has 3 rings (SSSR count). The van der Waals surface area contributed by atoms with E-state index in [4.69, 9.17) is 27.9 Å². The molecule has 0 radical (unpaired) electrons. The van der Waals surface area contributed by atoms with Gasteiger partial charge in [0.1, 0.15) is 5.75 Å². The number of hydrogen-bond donors (Lipinski definition) is 2. The number of carbonyl (C=O) groups excluding carboxylic acids is 1. The van der Waals surface area contributed by atoms with Gasteiger partial charge in [-0.25, -0.2) is 8.42 Å². The quantitative estimate of drug-likeness (QED) is 0.435. The van der Waals surface area contributed by atoms with Crippen LogP contribution < -0.4 is 14.8 Å². The highest BCUT2D eigenvalue weighted by Gasteiger charge is 2.18. The van der Waals surface area contributed by atoms with Gasteiger partial charge >= 0.3 is 0 Å². The van der Waals surface area contributed by atoms with Gasteiger partial charge in [0.15, 0.2) is 6.10 Å². The first-order chi connectivity index (χ1) is 15.1. The van der Waals surface area contributed by atoms with Gasteiger partial charge in [0.2, 0.25) is 0 Å². The molecule has 3 aromatic rings. The molecule has 32 heavy (non-hydrogen) atoms. The Balaban J connectivity index is 1.66. The number of nitrogens with one attached hydrogen (secondary N) is 2. The Morgan fingerprint density at radius 2 is 1.56 bits per heavy atom. The maximum atomic E-state index is 12.6. The van der Waals surface area contributed by atoms with Crippen molar-refractivity contribution >= 4 is 50.5 Å². The van der Waals surface area contributed by atoms with Crippen LogP contribution in [0.2, 0.25) is 10.0 Å². The first-order valence-corrected chi connectivity index (χ1v) is 11.9. The molecule has 3 aromatic carbocycles. The Morgan fingerprint density at radius 3 is 2.16 bits per heavy atom. The molecule has 0 spiro atoms. The molecule has 0 aliphatic heterocycles. The SMILES string of the molecule is Cc1cc(O[C@H](C)C(=O)Nc2ccc(S(=O)(=O)Nc3ccccc3Cl)cc2)cc(C)c1Cl. The van der Waals surface area contributed by atoms with E-state index >= 15 is 0 Å². The van der Waals surface area contributed by atoms with Crippen molar-refractivity contribution < 1.29 is 17.9 Å². The zero-order chi connectivity index (χ0) is 23.5. The number of sulfonamides is 1. The minimum atomic E-state index is -3.83. The molecule has 1 atom stereocenters. The molecule has 168 valence electrons. The molecule has 0 aliphatic rings. The molecule has 0 saturated heterocycles. The van der Waals surface area contributed by atoms with Crippen LogP contribution in [-0.2, 0) is 14.8 Å². The highest BCUT2D eigenvalue weighted by atomic mass is 35.5. The predicted molar refractivity (Wildman–Crippen MR) is 128 cm³/mol. The fourth-order valence-electron chi connectivity index (χ4n) is 2.94. The maximum Gasteiger partial charge on any atom is 0.265 e. The first-order valence-electron chi connectivity index (χ1n) is 9.68. The molecule has 0 fully saturated rings. The molecule has 2 N–H and O–H groups in total. The van der Waals surface area contributed by atoms with E-state index in [0.717, 1.165) is 11.1 Å². The number of para-hydroxylation sites is 1. The summed E-state index contributed by atoms with van der Waals surface area (Å²) >= 11 is 12.2. The minimum absolute atomic E-state index is 0.0341. The van der Waals surface area contributed by atoms with Crippen molar-refractivity contribution in [3.05, 3.63) is 81.8 Å². The van der Waals surface area contributed by atoms with Crippen LogP contribution in [0.4, 0.5) is 11.4 Å². The molecule has 0 bridgehead atoms. The van der Waals surface area contributed by atoms with Crippen molar-refractivity contribution in [1.82, 2.24) is 0 Å². The summed E-state index contributed by atoms with van der Waals surface area (Å²) in [7, 11) is -3.83. The van der Waals surface area contributed by atoms with E-state index < -0.39 is 16.1 Å². The van der Waals surface area contributed by atoms with E-state index in [0.29, 0.717) is 21.5 Å². The molecular weight excluding hydrogens is 471 g/mol. The highest BCUT2D eigenvalue weighted by Crippen LogP contribution is 2.27. The van der Waals surface area contributed by atoms with E-state index in [1.165, 1.54) is 24.3 Å². The molecule has 0 unspecified atom stereocenters. The van der Waals surface area contributed by atoms with Gasteiger partial charge in [0.05, 0.1) is 15.6 Å². The third-order valence-corrected chi connectivity index (χ3v) is 6.95. The topological polar surface area (TPSA) is 84.5 Å². The van der Waals surface area contributed by atoms with Crippen LogP contribution in [-0.4, -0.2) is 20.4 Å². The lowest BCUT2D eigenvalue weighted by molar-refractivity contribution is -0.122. The van der Waals surface area contributed by atoms with Crippen molar-refractivity contribution in [2.75, 3.05) is 10.0 Å². The Morgan fingerprint density at radius 1 is 0.969 bits per heavy atom. The third-order valence-electron chi connectivity index (χ3n) is 4.64. The van der Waals surface area contributed by atoms with Crippen LogP contribution in [0.1, 0.15) is 18.1 Å². The number of benzene rings is 3. The number of rotatable bonds is 7. The van der Waals surface area contributed by atoms with Gasteiger partial charge in [-0.05, 0) is 80.4 Å². The number of carbonyl (C=O) groups is 1. The smallest absolute Gasteiger partial charge is 0.265 e. The van der Waals surface area contributed by atoms with Crippen LogP contribution in [0, 0.1) is 13.8 Å². The van der Waals surface area contributed by atoms with Gasteiger partial charge in [-0.2, -0.15) is 0 Å². The van der Waals surface area contributed by atoms with Crippen LogP contribution in [0.5, 0.6) is 5.75 Å². The molecule has 0 aliphatic carbocycles. The molecule has 0 heterocycles. The first kappa shape index (κ1) is 23.9. The van der Waals surface area contributed by atoms with Crippen LogP contribution in [0.3, 0.4) is 0 Å². The molecule has 1 amide bonds. The van der Waals surface area contributed by atoms with Crippen molar-refractivity contribution in [3.63, 3.8) is 0 Å². The number of hydrogen-bond acceptors (Lipinski definition) is 4. The van der Waals surface area contributed by atoms with Crippen molar-refractivity contribution in [2.24, 2.45) is 0 Å². The zero-order valence-corrected chi connectivity index (χ0v) is 20.0. The van der Waals surface area contributed by atoms with Crippen LogP contribution >= 0.6 is 23.2 Å². The molecular formula is C23H22Cl2N2O4S. The average molecular weight is 493 g/mol. The summed E-state index contributed by atoms with van der Waals surface area (Å²) in [5.41, 5.74) is 2.43. The number of aryl methyl sites for hydroxylation is 2. The van der Waals surface area contributed by atoms with Crippen molar-refractivity contribution in [3.8, 4) is 5.75 Å². The van der Waals surface area contributed by atoms with Gasteiger partial charge < -0.3 is 10.1 Å². The predicted octanol–water partition coefficient (Wildman–Crippen LogP) is 5.82. The van der Waals surface area contributed by atoms with E-state index in [2.05, 4.69) is 10.0 Å². The Labute approximate surface area is 197 Å². The van der Waals surface area contributed by atoms with E-state index in [9.17, 15) is 13.2 Å². The summed E-state index contributed by atoms with van der Waals surface area (Å²) in [5, 5.41) is 3.67. The Kier molecular flexibility index (Phi) is 7.33. The fraction of sp³-hybridized carbons (Fsp3) is 0.174. The van der Waals surface area contributed by atoms with Gasteiger partial charge in [0, 0.05) is 10.7 Å². The summed E-state index contributed by atoms with van der Waals surface area (Å²) in [4.78, 5) is 12.5. The highest BCUT2D eigenvalue weighted by molar-refractivity contribution is 7.92. The van der Waals surface area contributed by atoms with Crippen LogP contribution in [0.15, 0.2) is 65.6 Å². The third kappa shape index (κ3) is 5.73. The number of halogens is 2. The van der Waals surface area contributed by atoms with Crippen LogP contribution in [0.25, 0.3) is 0 Å². The second kappa shape index (κ2) is 9.81. The van der Waals surface area contributed by atoms with E-state index in [1.54, 1.807) is 43.3 Å². The number of anilines is 2. The monoisotopic (exact) mass is 492 g/mol. The largest absolute Gasteiger partial charge is 0.481 e. The lowest BCUT2D eigenvalue weighted by atomic mass is 10.1. The fourth-order valence-corrected chi connectivity index (χ4v) is 4.37. The van der Waals surface area contributed by atoms with Gasteiger partial charge in [0.25, 0.3) is 15.9 Å². The van der Waals surface area contributed by atoms with Gasteiger partial charge in [-0.3, -0.25) is 9.52 Å². The van der Waals surface area contributed by atoms with E-state index in [-0.39, 0.29) is 16.5 Å². The second-order valence-electron chi connectivity index (χ2n) is 7.23. The summed E-state index contributed by atoms with van der Waals surface area (Å²) in [6, 6.07) is 15.9. The van der Waals surface area contributed by atoms with Crippen molar-refractivity contribution in [2.45, 2.75) is 31.8 Å². The summed E-state index contributed by atoms with van der Waals surface area (Å²) in [6.45, 7) is 5.35. The van der Waals surface area contributed by atoms with Crippen molar-refractivity contribution in [1.29, 1.82) is 0 Å². The second-order valence-corrected chi connectivity index (χ2v) is 9.70. The number of ether oxygens (including phenoxy) is 1. The normalized spacial score (nSPS) is 12.2. The Bertz CT molecular complexity index is 1220. The molecule has 0 saturated carbocycles. The van der Waals surface area contributed by atoms with Gasteiger partial charge in [-0.1, -0.05) is 35.3 Å². The van der Waals surface area contributed by atoms with Gasteiger partial charge in [-0.15, -0.1) is 0 Å². The molecule has 6 nitrogen and oxygen atoms in total. The standard InChI is InChI=1S/C23H22Cl2N2O4S/c1-14-12-18(13-15(2)22(14)25)31-16(3)23(28)26-17-8-10-19(11-9-17)32(29,30)27-21-7-5-4-6-20(21)24/h4-13,16,27H,1-3H3,(H,26,28)/t16-/m1/s1. The average Bonchev–Trinajstić information content (AvgIpc) is 2.74.